The summed E-state index contributed by atoms with van der Waals surface area (Å²) in [7, 11) is 0. The molecule has 0 spiro atoms. The van der Waals surface area contributed by atoms with E-state index >= 15 is 0 Å². The summed E-state index contributed by atoms with van der Waals surface area (Å²) in [4.78, 5) is 18.2. The Labute approximate surface area is 160 Å². The average molecular weight is 362 g/mol. The van der Waals surface area contributed by atoms with E-state index in [1.54, 1.807) is 0 Å². The SMILES string of the molecule is O=C(c1ccc(CO)cc1)N1C[C@@H](c2ccccc2)[C@@H]2[C@H]1C1CCN2CC1. The number of carbonyl (C=O) groups excluding carboxylic acids is 1. The topological polar surface area (TPSA) is 43.8 Å². The van der Waals surface area contributed by atoms with Crippen LogP contribution in [0.5, 0.6) is 0 Å². The average Bonchev–Trinajstić information content (AvgIpc) is 3.18. The molecule has 4 fully saturated rings. The van der Waals surface area contributed by atoms with Gasteiger partial charge in [-0.25, -0.2) is 0 Å². The van der Waals surface area contributed by atoms with Gasteiger partial charge in [-0.05, 0) is 55.1 Å². The second-order valence-electron chi connectivity index (χ2n) is 8.18. The first kappa shape index (κ1) is 17.0. The molecule has 27 heavy (non-hydrogen) atoms. The van der Waals surface area contributed by atoms with Crippen molar-refractivity contribution in [3.8, 4) is 0 Å². The van der Waals surface area contributed by atoms with E-state index in [2.05, 4.69) is 40.1 Å². The molecule has 4 heteroatoms. The Morgan fingerprint density at radius 2 is 1.67 bits per heavy atom. The smallest absolute Gasteiger partial charge is 0.254 e. The van der Waals surface area contributed by atoms with Gasteiger partial charge < -0.3 is 10.0 Å². The Balaban J connectivity index is 1.49. The molecule has 0 saturated carbocycles. The number of aliphatic hydroxyl groups is 1. The lowest BCUT2D eigenvalue weighted by Crippen LogP contribution is -2.60. The third kappa shape index (κ3) is 2.79. The van der Waals surface area contributed by atoms with Crippen molar-refractivity contribution in [2.75, 3.05) is 19.6 Å². The lowest BCUT2D eigenvalue weighted by Gasteiger charge is -2.51. The molecule has 3 atom stereocenters. The van der Waals surface area contributed by atoms with Gasteiger partial charge in [0.2, 0.25) is 0 Å². The number of aliphatic hydroxyl groups excluding tert-OH is 1. The summed E-state index contributed by atoms with van der Waals surface area (Å²) in [5.41, 5.74) is 2.93. The van der Waals surface area contributed by atoms with Crippen molar-refractivity contribution in [3.05, 3.63) is 71.3 Å². The highest BCUT2D eigenvalue weighted by molar-refractivity contribution is 5.95. The van der Waals surface area contributed by atoms with Gasteiger partial charge in [0, 0.05) is 24.1 Å². The van der Waals surface area contributed by atoms with Gasteiger partial charge in [0.15, 0.2) is 0 Å². The fraction of sp³-hybridized carbons (Fsp3) is 0.435. The second kappa shape index (κ2) is 6.77. The molecule has 2 aromatic rings. The van der Waals surface area contributed by atoms with E-state index in [0.717, 1.165) is 17.7 Å². The van der Waals surface area contributed by atoms with E-state index in [-0.39, 0.29) is 12.5 Å². The minimum Gasteiger partial charge on any atom is -0.392 e. The van der Waals surface area contributed by atoms with E-state index in [9.17, 15) is 9.90 Å². The first-order valence-corrected chi connectivity index (χ1v) is 10.1. The van der Waals surface area contributed by atoms with Crippen LogP contribution < -0.4 is 0 Å². The molecule has 4 heterocycles. The van der Waals surface area contributed by atoms with E-state index in [0.29, 0.717) is 23.9 Å². The molecule has 0 unspecified atom stereocenters. The zero-order chi connectivity index (χ0) is 18.4. The molecule has 0 aromatic heterocycles. The molecule has 6 rings (SSSR count). The number of carbonyl (C=O) groups is 1. The van der Waals surface area contributed by atoms with Crippen molar-refractivity contribution < 1.29 is 9.90 Å². The van der Waals surface area contributed by atoms with Gasteiger partial charge in [-0.2, -0.15) is 0 Å². The molecule has 0 aliphatic carbocycles. The van der Waals surface area contributed by atoms with Crippen molar-refractivity contribution in [2.45, 2.75) is 37.5 Å². The van der Waals surface area contributed by atoms with Crippen LogP contribution in [0.3, 0.4) is 0 Å². The van der Waals surface area contributed by atoms with Crippen LogP contribution in [0, 0.1) is 5.92 Å². The highest BCUT2D eigenvalue weighted by atomic mass is 16.3. The highest BCUT2D eigenvalue weighted by Gasteiger charge is 2.54. The molecule has 2 bridgehead atoms. The maximum Gasteiger partial charge on any atom is 0.254 e. The number of rotatable bonds is 3. The number of benzene rings is 2. The molecule has 2 aromatic carbocycles. The first-order chi connectivity index (χ1) is 13.3. The monoisotopic (exact) mass is 362 g/mol. The Hall–Kier alpha value is -2.17. The summed E-state index contributed by atoms with van der Waals surface area (Å²) in [6.45, 7) is 3.15. The predicted octanol–water partition coefficient (Wildman–Crippen LogP) is 2.88. The zero-order valence-electron chi connectivity index (χ0n) is 15.5. The predicted molar refractivity (Wildman–Crippen MR) is 104 cm³/mol. The lowest BCUT2D eigenvalue weighted by molar-refractivity contribution is -0.00340. The van der Waals surface area contributed by atoms with Crippen LogP contribution in [-0.2, 0) is 6.61 Å². The third-order valence-electron chi connectivity index (χ3n) is 6.87. The normalized spacial score (nSPS) is 31.7. The Bertz CT molecular complexity index is 812. The summed E-state index contributed by atoms with van der Waals surface area (Å²) in [5, 5.41) is 9.26. The van der Waals surface area contributed by atoms with Crippen molar-refractivity contribution in [1.82, 2.24) is 9.80 Å². The van der Waals surface area contributed by atoms with Gasteiger partial charge in [-0.1, -0.05) is 42.5 Å². The number of likely N-dealkylation sites (tertiary alicyclic amines) is 1. The van der Waals surface area contributed by atoms with Crippen LogP contribution in [-0.4, -0.2) is 52.5 Å². The van der Waals surface area contributed by atoms with Crippen LogP contribution >= 0.6 is 0 Å². The summed E-state index contributed by atoms with van der Waals surface area (Å²) >= 11 is 0. The van der Waals surface area contributed by atoms with Crippen molar-refractivity contribution in [3.63, 3.8) is 0 Å². The first-order valence-electron chi connectivity index (χ1n) is 10.1. The van der Waals surface area contributed by atoms with Gasteiger partial charge in [0.05, 0.1) is 12.6 Å². The van der Waals surface area contributed by atoms with E-state index in [1.165, 1.54) is 31.5 Å². The van der Waals surface area contributed by atoms with Gasteiger partial charge in [-0.15, -0.1) is 0 Å². The zero-order valence-corrected chi connectivity index (χ0v) is 15.5. The fourth-order valence-corrected chi connectivity index (χ4v) is 5.57. The molecule has 1 N–H and O–H groups in total. The third-order valence-corrected chi connectivity index (χ3v) is 6.87. The number of hydrogen-bond donors (Lipinski definition) is 1. The lowest BCUT2D eigenvalue weighted by atomic mass is 9.75. The molecule has 1 amide bonds. The number of nitrogens with zero attached hydrogens (tertiary/aromatic N) is 2. The van der Waals surface area contributed by atoms with Crippen molar-refractivity contribution in [1.29, 1.82) is 0 Å². The van der Waals surface area contributed by atoms with Crippen LogP contribution in [0.1, 0.15) is 40.2 Å². The van der Waals surface area contributed by atoms with Crippen LogP contribution in [0.2, 0.25) is 0 Å². The molecule has 4 aliphatic heterocycles. The quantitative estimate of drug-likeness (QED) is 0.913. The molecule has 4 saturated heterocycles. The maximum absolute atomic E-state index is 13.4. The standard InChI is InChI=1S/C23H26N2O2/c26-15-16-6-8-19(9-7-16)23(27)25-14-20(17-4-2-1-3-5-17)22-21(25)18-10-12-24(22)13-11-18/h1-9,18,20-22,26H,10-15H2/t20-,21+,22+/m0/s1. The van der Waals surface area contributed by atoms with E-state index in [4.69, 9.17) is 0 Å². The van der Waals surface area contributed by atoms with Crippen molar-refractivity contribution >= 4 is 5.91 Å². The molecule has 4 aliphatic rings. The highest BCUT2D eigenvalue weighted by Crippen LogP contribution is 2.46. The Morgan fingerprint density at radius 1 is 0.963 bits per heavy atom. The molecule has 4 nitrogen and oxygen atoms in total. The van der Waals surface area contributed by atoms with E-state index in [1.807, 2.05) is 24.3 Å². The van der Waals surface area contributed by atoms with Gasteiger partial charge in [0.25, 0.3) is 5.91 Å². The van der Waals surface area contributed by atoms with Crippen molar-refractivity contribution in [2.24, 2.45) is 5.92 Å². The van der Waals surface area contributed by atoms with Gasteiger partial charge in [-0.3, -0.25) is 9.69 Å². The minimum absolute atomic E-state index is 0.00992. The number of piperidine rings is 3. The molecule has 0 radical (unpaired) electrons. The fourth-order valence-electron chi connectivity index (χ4n) is 5.57. The Morgan fingerprint density at radius 3 is 2.33 bits per heavy atom. The van der Waals surface area contributed by atoms with Crippen LogP contribution in [0.15, 0.2) is 54.6 Å². The molecular formula is C23H26N2O2. The second-order valence-corrected chi connectivity index (χ2v) is 8.18. The number of amides is 1. The molecular weight excluding hydrogens is 336 g/mol. The minimum atomic E-state index is 0.00992. The maximum atomic E-state index is 13.4. The summed E-state index contributed by atoms with van der Waals surface area (Å²) in [6, 6.07) is 18.9. The summed E-state index contributed by atoms with van der Waals surface area (Å²) in [6.07, 6.45) is 2.41. The van der Waals surface area contributed by atoms with E-state index < -0.39 is 0 Å². The van der Waals surface area contributed by atoms with Crippen LogP contribution in [0.4, 0.5) is 0 Å². The Kier molecular flexibility index (Phi) is 4.25. The van der Waals surface area contributed by atoms with Crippen LogP contribution in [0.25, 0.3) is 0 Å². The molecule has 140 valence electrons. The largest absolute Gasteiger partial charge is 0.392 e. The summed E-state index contributed by atoms with van der Waals surface area (Å²) < 4.78 is 0. The van der Waals surface area contributed by atoms with Gasteiger partial charge >= 0.3 is 0 Å². The number of fused-ring (bicyclic) bond motifs is 2. The number of hydrogen-bond acceptors (Lipinski definition) is 3. The van der Waals surface area contributed by atoms with Gasteiger partial charge in [0.1, 0.15) is 0 Å². The summed E-state index contributed by atoms with van der Waals surface area (Å²) in [5.74, 6) is 1.15.